The fraction of sp³-hybridized carbons (Fsp3) is 0.533. The Kier molecular flexibility index (Phi) is 3.78. The minimum absolute atomic E-state index is 0.0362. The molecule has 1 saturated carbocycles. The van der Waals surface area contributed by atoms with Crippen LogP contribution in [0, 0.1) is 5.92 Å². The van der Waals surface area contributed by atoms with Gasteiger partial charge in [0.25, 0.3) is 5.91 Å². The molecule has 1 aromatic rings. The zero-order valence-electron chi connectivity index (χ0n) is 10.8. The molecule has 1 fully saturated rings. The van der Waals surface area contributed by atoms with Crippen molar-refractivity contribution in [2.75, 3.05) is 5.33 Å². The summed E-state index contributed by atoms with van der Waals surface area (Å²) in [5.74, 6) is 1.45. The van der Waals surface area contributed by atoms with Crippen LogP contribution in [0.5, 0.6) is 5.75 Å². The van der Waals surface area contributed by atoms with E-state index in [0.29, 0.717) is 18.4 Å². The quantitative estimate of drug-likeness (QED) is 0.868. The van der Waals surface area contributed by atoms with E-state index in [1.807, 2.05) is 24.3 Å². The Balaban J connectivity index is 1.61. The maximum absolute atomic E-state index is 12.3. The Bertz CT molecular complexity index is 452. The molecule has 0 spiro atoms. The number of hydrogen-bond donors (Lipinski definition) is 1. The molecule has 4 heteroatoms. The lowest BCUT2D eigenvalue weighted by Gasteiger charge is -2.21. The van der Waals surface area contributed by atoms with Crippen LogP contribution in [0.1, 0.15) is 24.8 Å². The van der Waals surface area contributed by atoms with Crippen LogP contribution in [0.3, 0.4) is 0 Å². The molecule has 2 aliphatic rings. The van der Waals surface area contributed by atoms with Gasteiger partial charge in [0.2, 0.25) is 0 Å². The van der Waals surface area contributed by atoms with Crippen molar-refractivity contribution in [3.8, 4) is 5.75 Å². The summed E-state index contributed by atoms with van der Waals surface area (Å²) >= 11 is 3.53. The number of hydrogen-bond acceptors (Lipinski definition) is 2. The Morgan fingerprint density at radius 3 is 3.00 bits per heavy atom. The highest BCUT2D eigenvalue weighted by Crippen LogP contribution is 2.30. The number of halogens is 1. The first kappa shape index (κ1) is 13.0. The van der Waals surface area contributed by atoms with Gasteiger partial charge in [-0.1, -0.05) is 40.5 Å². The topological polar surface area (TPSA) is 38.3 Å². The van der Waals surface area contributed by atoms with Crippen LogP contribution >= 0.6 is 15.9 Å². The van der Waals surface area contributed by atoms with Crippen molar-refractivity contribution in [3.63, 3.8) is 0 Å². The monoisotopic (exact) mass is 323 g/mol. The zero-order valence-corrected chi connectivity index (χ0v) is 12.4. The Morgan fingerprint density at radius 2 is 2.21 bits per heavy atom. The second kappa shape index (κ2) is 5.53. The molecule has 1 aromatic carbocycles. The van der Waals surface area contributed by atoms with Gasteiger partial charge in [0.1, 0.15) is 5.75 Å². The number of carbonyl (C=O) groups is 1. The first-order valence-corrected chi connectivity index (χ1v) is 8.01. The zero-order chi connectivity index (χ0) is 13.2. The van der Waals surface area contributed by atoms with Crippen molar-refractivity contribution in [1.29, 1.82) is 0 Å². The maximum Gasteiger partial charge on any atom is 0.261 e. The van der Waals surface area contributed by atoms with Gasteiger partial charge in [-0.05, 0) is 30.4 Å². The van der Waals surface area contributed by atoms with E-state index in [4.69, 9.17) is 4.74 Å². The van der Waals surface area contributed by atoms with Gasteiger partial charge in [0, 0.05) is 17.8 Å². The lowest BCUT2D eigenvalue weighted by molar-refractivity contribution is -0.128. The Labute approximate surface area is 121 Å². The van der Waals surface area contributed by atoms with Crippen LogP contribution in [0.25, 0.3) is 0 Å². The molecule has 102 valence electrons. The Morgan fingerprint density at radius 1 is 1.37 bits per heavy atom. The SMILES string of the molecule is O=C(NC1CCCC1CBr)C1Cc2ccccc2O1. The van der Waals surface area contributed by atoms with E-state index in [1.54, 1.807) is 0 Å². The van der Waals surface area contributed by atoms with Gasteiger partial charge in [-0.3, -0.25) is 4.79 Å². The lowest BCUT2D eigenvalue weighted by Crippen LogP contribution is -2.45. The number of rotatable bonds is 3. The third-order valence-electron chi connectivity index (χ3n) is 4.12. The predicted molar refractivity (Wildman–Crippen MR) is 77.6 cm³/mol. The molecule has 1 heterocycles. The minimum Gasteiger partial charge on any atom is -0.480 e. The van der Waals surface area contributed by atoms with Crippen molar-refractivity contribution in [1.82, 2.24) is 5.32 Å². The number of nitrogens with one attached hydrogen (secondary N) is 1. The van der Waals surface area contributed by atoms with E-state index in [-0.39, 0.29) is 12.0 Å². The molecule has 0 saturated heterocycles. The van der Waals surface area contributed by atoms with Gasteiger partial charge < -0.3 is 10.1 Å². The smallest absolute Gasteiger partial charge is 0.261 e. The van der Waals surface area contributed by atoms with E-state index in [0.717, 1.165) is 23.1 Å². The molecule has 1 N–H and O–H groups in total. The Hall–Kier alpha value is -1.03. The number of benzene rings is 1. The van der Waals surface area contributed by atoms with E-state index in [9.17, 15) is 4.79 Å². The minimum atomic E-state index is -0.353. The van der Waals surface area contributed by atoms with Crippen LogP contribution in [0.15, 0.2) is 24.3 Å². The average molecular weight is 324 g/mol. The largest absolute Gasteiger partial charge is 0.480 e. The molecule has 19 heavy (non-hydrogen) atoms. The van der Waals surface area contributed by atoms with Crippen LogP contribution in [-0.4, -0.2) is 23.4 Å². The average Bonchev–Trinajstić information content (AvgIpc) is 3.03. The van der Waals surface area contributed by atoms with Crippen LogP contribution in [0.4, 0.5) is 0 Å². The number of para-hydroxylation sites is 1. The molecule has 0 aromatic heterocycles. The third-order valence-corrected chi connectivity index (χ3v) is 4.96. The number of ether oxygens (including phenoxy) is 1. The summed E-state index contributed by atoms with van der Waals surface area (Å²) < 4.78 is 5.72. The van der Waals surface area contributed by atoms with E-state index >= 15 is 0 Å². The second-order valence-corrected chi connectivity index (χ2v) is 6.03. The fourth-order valence-electron chi connectivity index (χ4n) is 3.02. The standard InChI is InChI=1S/C15H18BrNO2/c16-9-11-5-3-6-12(11)17-15(18)14-8-10-4-1-2-7-13(10)19-14/h1-2,4,7,11-12,14H,3,5-6,8-9H2,(H,17,18). The first-order valence-electron chi connectivity index (χ1n) is 6.89. The summed E-state index contributed by atoms with van der Waals surface area (Å²) in [6.45, 7) is 0. The second-order valence-electron chi connectivity index (χ2n) is 5.38. The van der Waals surface area contributed by atoms with Crippen molar-refractivity contribution in [2.45, 2.75) is 37.8 Å². The molecular formula is C15H18BrNO2. The van der Waals surface area contributed by atoms with Gasteiger partial charge in [0.05, 0.1) is 0 Å². The van der Waals surface area contributed by atoms with Gasteiger partial charge in [-0.25, -0.2) is 0 Å². The van der Waals surface area contributed by atoms with Gasteiger partial charge in [-0.15, -0.1) is 0 Å². The summed E-state index contributed by atoms with van der Waals surface area (Å²) in [5, 5.41) is 4.12. The molecule has 3 rings (SSSR count). The maximum atomic E-state index is 12.3. The summed E-state index contributed by atoms with van der Waals surface area (Å²) in [6, 6.07) is 8.19. The van der Waals surface area contributed by atoms with Crippen molar-refractivity contribution in [3.05, 3.63) is 29.8 Å². The number of alkyl halides is 1. The third kappa shape index (κ3) is 2.64. The molecular weight excluding hydrogens is 306 g/mol. The molecule has 1 aliphatic carbocycles. The molecule has 1 aliphatic heterocycles. The molecule has 3 unspecified atom stereocenters. The molecule has 0 radical (unpaired) electrons. The summed E-state index contributed by atoms with van der Waals surface area (Å²) in [6.07, 6.45) is 3.82. The van der Waals surface area contributed by atoms with Gasteiger partial charge in [0.15, 0.2) is 6.10 Å². The van der Waals surface area contributed by atoms with Gasteiger partial charge >= 0.3 is 0 Å². The van der Waals surface area contributed by atoms with Crippen molar-refractivity contribution >= 4 is 21.8 Å². The van der Waals surface area contributed by atoms with E-state index in [2.05, 4.69) is 21.2 Å². The van der Waals surface area contributed by atoms with Crippen LogP contribution in [0.2, 0.25) is 0 Å². The summed E-state index contributed by atoms with van der Waals surface area (Å²) in [4.78, 5) is 12.3. The molecule has 0 bridgehead atoms. The number of carbonyl (C=O) groups excluding carboxylic acids is 1. The van der Waals surface area contributed by atoms with E-state index in [1.165, 1.54) is 12.8 Å². The van der Waals surface area contributed by atoms with Gasteiger partial charge in [-0.2, -0.15) is 0 Å². The normalized spacial score (nSPS) is 28.8. The molecule has 3 atom stereocenters. The first-order chi connectivity index (χ1) is 9.28. The highest BCUT2D eigenvalue weighted by Gasteiger charge is 2.33. The lowest BCUT2D eigenvalue weighted by atomic mass is 10.1. The summed E-state index contributed by atoms with van der Waals surface area (Å²) in [7, 11) is 0. The fourth-order valence-corrected chi connectivity index (χ4v) is 3.79. The molecule has 1 amide bonds. The number of amides is 1. The highest BCUT2D eigenvalue weighted by molar-refractivity contribution is 9.09. The molecule has 3 nitrogen and oxygen atoms in total. The van der Waals surface area contributed by atoms with Crippen LogP contribution in [-0.2, 0) is 11.2 Å². The number of fused-ring (bicyclic) bond motifs is 1. The predicted octanol–water partition coefficient (Wildman–Crippen LogP) is 2.67. The highest BCUT2D eigenvalue weighted by atomic mass is 79.9. The van der Waals surface area contributed by atoms with E-state index < -0.39 is 0 Å². The van der Waals surface area contributed by atoms with Crippen LogP contribution < -0.4 is 10.1 Å². The summed E-state index contributed by atoms with van der Waals surface area (Å²) in [5.41, 5.74) is 1.13. The van der Waals surface area contributed by atoms with Crippen molar-refractivity contribution in [2.24, 2.45) is 5.92 Å². The van der Waals surface area contributed by atoms with Crippen molar-refractivity contribution < 1.29 is 9.53 Å².